The minimum Gasteiger partial charge on any atom is -0.398 e. The van der Waals surface area contributed by atoms with Crippen LogP contribution in [0.1, 0.15) is 11.3 Å². The average Bonchev–Trinajstić information content (AvgIpc) is 3.21. The van der Waals surface area contributed by atoms with Gasteiger partial charge in [-0.1, -0.05) is 66.7 Å². The maximum atomic E-state index is 13.6. The maximum Gasteiger partial charge on any atom is 0.280 e. The van der Waals surface area contributed by atoms with Crippen LogP contribution in [-0.2, 0) is 0 Å². The van der Waals surface area contributed by atoms with Crippen molar-refractivity contribution >= 4 is 11.3 Å². The molecule has 0 bridgehead atoms. The second-order valence-corrected chi connectivity index (χ2v) is 7.54. The van der Waals surface area contributed by atoms with Crippen LogP contribution < -0.4 is 11.3 Å². The standard InChI is InChI=1S/C26H19N5O/c1-16-22(19-12-13-21(28)20(14-19)15-27)26(32)31-25(29-16)23(17-8-4-2-5-9-17)24(30-31)18-10-6-3-7-11-18/h2-14,30H,28H2,1H3. The van der Waals surface area contributed by atoms with Gasteiger partial charge >= 0.3 is 0 Å². The van der Waals surface area contributed by atoms with Crippen LogP contribution in [-0.4, -0.2) is 14.6 Å². The second-order valence-electron chi connectivity index (χ2n) is 7.54. The van der Waals surface area contributed by atoms with Gasteiger partial charge in [0.2, 0.25) is 0 Å². The fourth-order valence-corrected chi connectivity index (χ4v) is 4.01. The monoisotopic (exact) mass is 417 g/mol. The van der Waals surface area contributed by atoms with Crippen LogP contribution in [0.5, 0.6) is 0 Å². The number of fused-ring (bicyclic) bond motifs is 1. The predicted molar refractivity (Wildman–Crippen MR) is 126 cm³/mol. The number of anilines is 1. The Kier molecular flexibility index (Phi) is 4.57. The largest absolute Gasteiger partial charge is 0.398 e. The van der Waals surface area contributed by atoms with E-state index in [-0.39, 0.29) is 5.56 Å². The van der Waals surface area contributed by atoms with Gasteiger partial charge in [0.25, 0.3) is 5.56 Å². The first-order valence-electron chi connectivity index (χ1n) is 10.1. The number of rotatable bonds is 3. The van der Waals surface area contributed by atoms with E-state index in [1.807, 2.05) is 67.6 Å². The quantitative estimate of drug-likeness (QED) is 0.412. The van der Waals surface area contributed by atoms with Gasteiger partial charge in [0.1, 0.15) is 6.07 Å². The lowest BCUT2D eigenvalue weighted by Crippen LogP contribution is -2.19. The SMILES string of the molecule is Cc1nc2c(-c3ccccc3)c(-c3ccccc3)[nH]n2c(=O)c1-c1ccc(N)c(C#N)c1. The first kappa shape index (κ1) is 19.3. The molecule has 2 aromatic heterocycles. The van der Waals surface area contributed by atoms with Crippen molar-refractivity contribution in [3.63, 3.8) is 0 Å². The predicted octanol–water partition coefficient (Wildman–Crippen LogP) is 4.79. The Bertz CT molecular complexity index is 1560. The molecule has 0 aliphatic rings. The summed E-state index contributed by atoms with van der Waals surface area (Å²) in [5.74, 6) is 0. The number of nitrogens with one attached hydrogen (secondary N) is 1. The van der Waals surface area contributed by atoms with Crippen LogP contribution >= 0.6 is 0 Å². The Morgan fingerprint density at radius 3 is 2.22 bits per heavy atom. The van der Waals surface area contributed by atoms with Gasteiger partial charge in [-0.3, -0.25) is 9.89 Å². The van der Waals surface area contributed by atoms with Crippen molar-refractivity contribution in [1.82, 2.24) is 14.6 Å². The molecule has 0 radical (unpaired) electrons. The van der Waals surface area contributed by atoms with Gasteiger partial charge in [0.05, 0.1) is 28.1 Å². The molecule has 2 heterocycles. The Hall–Kier alpha value is -4.63. The minimum atomic E-state index is -0.236. The normalized spacial score (nSPS) is 10.9. The van der Waals surface area contributed by atoms with E-state index in [0.29, 0.717) is 33.7 Å². The van der Waals surface area contributed by atoms with E-state index in [1.54, 1.807) is 18.2 Å². The molecule has 3 aromatic carbocycles. The van der Waals surface area contributed by atoms with Crippen molar-refractivity contribution in [2.75, 3.05) is 5.73 Å². The number of benzene rings is 3. The van der Waals surface area contributed by atoms with Crippen molar-refractivity contribution in [2.24, 2.45) is 0 Å². The fourth-order valence-electron chi connectivity index (χ4n) is 4.01. The third-order valence-corrected chi connectivity index (χ3v) is 5.55. The fraction of sp³-hybridized carbons (Fsp3) is 0.0385. The summed E-state index contributed by atoms with van der Waals surface area (Å²) in [7, 11) is 0. The van der Waals surface area contributed by atoms with Crippen molar-refractivity contribution in [1.29, 1.82) is 5.26 Å². The molecular weight excluding hydrogens is 398 g/mol. The number of nitrogen functional groups attached to an aromatic ring is 1. The van der Waals surface area contributed by atoms with Crippen LogP contribution in [0.3, 0.4) is 0 Å². The summed E-state index contributed by atoms with van der Waals surface area (Å²) in [6.45, 7) is 1.81. The van der Waals surface area contributed by atoms with Gasteiger partial charge < -0.3 is 5.73 Å². The van der Waals surface area contributed by atoms with Crippen molar-refractivity contribution in [3.8, 4) is 39.6 Å². The van der Waals surface area contributed by atoms with Crippen molar-refractivity contribution < 1.29 is 0 Å². The molecule has 3 N–H and O–H groups in total. The lowest BCUT2D eigenvalue weighted by molar-refractivity contribution is 0.897. The maximum absolute atomic E-state index is 13.6. The molecule has 0 aliphatic heterocycles. The molecule has 6 nitrogen and oxygen atoms in total. The summed E-state index contributed by atoms with van der Waals surface area (Å²) in [5, 5.41) is 12.6. The summed E-state index contributed by atoms with van der Waals surface area (Å²) in [4.78, 5) is 18.5. The van der Waals surface area contributed by atoms with Crippen molar-refractivity contribution in [3.05, 3.63) is 100 Å². The molecule has 0 saturated carbocycles. The average molecular weight is 417 g/mol. The van der Waals surface area contributed by atoms with Crippen LogP contribution in [0.15, 0.2) is 83.7 Å². The molecule has 5 aromatic rings. The van der Waals surface area contributed by atoms with Crippen molar-refractivity contribution in [2.45, 2.75) is 6.92 Å². The van der Waals surface area contributed by atoms with Gasteiger partial charge in [0.15, 0.2) is 5.65 Å². The molecule has 0 saturated heterocycles. The Morgan fingerprint density at radius 1 is 0.906 bits per heavy atom. The number of H-pyrrole nitrogens is 1. The minimum absolute atomic E-state index is 0.236. The number of nitrogens with zero attached hydrogens (tertiary/aromatic N) is 3. The van der Waals surface area contributed by atoms with E-state index in [2.05, 4.69) is 11.2 Å². The summed E-state index contributed by atoms with van der Waals surface area (Å²) in [6, 6.07) is 26.8. The van der Waals surface area contributed by atoms with E-state index < -0.39 is 0 Å². The number of nitriles is 1. The van der Waals surface area contributed by atoms with Crippen LogP contribution in [0.25, 0.3) is 39.2 Å². The zero-order valence-corrected chi connectivity index (χ0v) is 17.3. The van der Waals surface area contributed by atoms with E-state index in [4.69, 9.17) is 10.7 Å². The summed E-state index contributed by atoms with van der Waals surface area (Å²) >= 11 is 0. The smallest absolute Gasteiger partial charge is 0.280 e. The Labute approximate surface area is 184 Å². The van der Waals surface area contributed by atoms with E-state index in [0.717, 1.165) is 22.4 Å². The lowest BCUT2D eigenvalue weighted by Gasteiger charge is -2.08. The van der Waals surface area contributed by atoms with Gasteiger partial charge in [-0.15, -0.1) is 0 Å². The summed E-state index contributed by atoms with van der Waals surface area (Å²) < 4.78 is 1.48. The highest BCUT2D eigenvalue weighted by Gasteiger charge is 2.21. The zero-order chi connectivity index (χ0) is 22.2. The number of nitrogens with two attached hydrogens (primary N) is 1. The zero-order valence-electron chi connectivity index (χ0n) is 17.3. The van der Waals surface area contributed by atoms with Gasteiger partial charge in [0, 0.05) is 11.3 Å². The van der Waals surface area contributed by atoms with Crippen LogP contribution in [0.2, 0.25) is 0 Å². The number of aryl methyl sites for hydroxylation is 1. The second kappa shape index (κ2) is 7.56. The highest BCUT2D eigenvalue weighted by molar-refractivity contribution is 5.91. The highest BCUT2D eigenvalue weighted by atomic mass is 16.1. The molecule has 0 spiro atoms. The van der Waals surface area contributed by atoms with E-state index in [1.165, 1.54) is 4.52 Å². The molecule has 6 heteroatoms. The van der Waals surface area contributed by atoms with Gasteiger partial charge in [-0.2, -0.15) is 9.78 Å². The van der Waals surface area contributed by atoms with Crippen LogP contribution in [0, 0.1) is 18.3 Å². The lowest BCUT2D eigenvalue weighted by atomic mass is 10.0. The number of aromatic amines is 1. The molecule has 0 aliphatic carbocycles. The van der Waals surface area contributed by atoms with E-state index in [9.17, 15) is 10.1 Å². The molecule has 5 rings (SSSR count). The molecule has 0 unspecified atom stereocenters. The molecule has 0 atom stereocenters. The highest BCUT2D eigenvalue weighted by Crippen LogP contribution is 2.34. The molecule has 0 amide bonds. The topological polar surface area (TPSA) is 100.0 Å². The third-order valence-electron chi connectivity index (χ3n) is 5.55. The first-order chi connectivity index (χ1) is 15.6. The Morgan fingerprint density at radius 2 is 1.56 bits per heavy atom. The van der Waals surface area contributed by atoms with Gasteiger partial charge in [-0.05, 0) is 30.2 Å². The molecule has 0 fully saturated rings. The number of hydrogen-bond donors (Lipinski definition) is 2. The number of aromatic nitrogens is 3. The number of hydrogen-bond acceptors (Lipinski definition) is 4. The molecular formula is C26H19N5O. The molecule has 32 heavy (non-hydrogen) atoms. The van der Waals surface area contributed by atoms with Gasteiger partial charge in [-0.25, -0.2) is 4.98 Å². The Balaban J connectivity index is 1.85. The summed E-state index contributed by atoms with van der Waals surface area (Å²) in [6.07, 6.45) is 0. The first-order valence-corrected chi connectivity index (χ1v) is 10.1. The summed E-state index contributed by atoms with van der Waals surface area (Å²) in [5.41, 5.74) is 12.1. The van der Waals surface area contributed by atoms with E-state index >= 15 is 0 Å². The third kappa shape index (κ3) is 3.04. The molecule has 154 valence electrons. The van der Waals surface area contributed by atoms with Crippen LogP contribution in [0.4, 0.5) is 5.69 Å².